The van der Waals surface area contributed by atoms with Gasteiger partial charge in [0.2, 0.25) is 5.88 Å². The molecule has 8 heteroatoms. The Balaban J connectivity index is 0.970. The minimum absolute atomic E-state index is 0.355. The van der Waals surface area contributed by atoms with E-state index in [9.17, 15) is 4.79 Å². The fraction of sp³-hybridized carbons (Fsp3) is 0.273. The Hall–Kier alpha value is -5.11. The van der Waals surface area contributed by atoms with Crippen LogP contribution in [0.25, 0.3) is 5.70 Å². The number of benzene rings is 4. The summed E-state index contributed by atoms with van der Waals surface area (Å²) in [5.41, 5.74) is 7.76. The van der Waals surface area contributed by atoms with Crippen LogP contribution in [0.5, 0.6) is 23.1 Å². The van der Waals surface area contributed by atoms with Crippen molar-refractivity contribution in [3.63, 3.8) is 0 Å². The largest absolute Gasteiger partial charge is 0.493 e. The molecule has 5 aromatic rings. The second-order valence-electron chi connectivity index (χ2n) is 13.4. The Morgan fingerprint density at radius 1 is 0.827 bits per heavy atom. The maximum Gasteiger partial charge on any atom is 0.219 e. The van der Waals surface area contributed by atoms with Gasteiger partial charge in [0, 0.05) is 73.1 Å². The fourth-order valence-corrected chi connectivity index (χ4v) is 6.47. The summed E-state index contributed by atoms with van der Waals surface area (Å²) in [5, 5.41) is 0.668. The van der Waals surface area contributed by atoms with Gasteiger partial charge < -0.3 is 19.1 Å². The zero-order valence-electron chi connectivity index (χ0n) is 30.1. The molecule has 0 spiro atoms. The second kappa shape index (κ2) is 17.9. The van der Waals surface area contributed by atoms with Crippen LogP contribution in [0.4, 0.5) is 0 Å². The molecule has 1 aliphatic heterocycles. The van der Waals surface area contributed by atoms with Crippen molar-refractivity contribution in [3.05, 3.63) is 154 Å². The average Bonchev–Trinajstić information content (AvgIpc) is 3.16. The van der Waals surface area contributed by atoms with Crippen molar-refractivity contribution in [2.24, 2.45) is 0 Å². The van der Waals surface area contributed by atoms with Crippen LogP contribution in [0.2, 0.25) is 5.02 Å². The third kappa shape index (κ3) is 10.0. The number of nitrogens with zero attached hydrogens (tertiary/aromatic N) is 3. The van der Waals surface area contributed by atoms with Gasteiger partial charge in [0.15, 0.2) is 0 Å². The van der Waals surface area contributed by atoms with Crippen LogP contribution in [0.1, 0.15) is 53.1 Å². The Morgan fingerprint density at radius 2 is 1.54 bits per heavy atom. The van der Waals surface area contributed by atoms with Crippen LogP contribution in [0.3, 0.4) is 0 Å². The number of allylic oxidation sites excluding steroid dienone is 1. The molecule has 1 aromatic heterocycles. The van der Waals surface area contributed by atoms with Gasteiger partial charge in [-0.1, -0.05) is 80.0 Å². The maximum atomic E-state index is 11.8. The van der Waals surface area contributed by atoms with Gasteiger partial charge in [-0.15, -0.1) is 0 Å². The molecule has 1 fully saturated rings. The van der Waals surface area contributed by atoms with Gasteiger partial charge in [-0.05, 0) is 77.6 Å². The van der Waals surface area contributed by atoms with Crippen LogP contribution in [0.15, 0.2) is 115 Å². The normalized spacial score (nSPS) is 13.6. The van der Waals surface area contributed by atoms with Crippen molar-refractivity contribution in [1.82, 2.24) is 14.8 Å². The van der Waals surface area contributed by atoms with Gasteiger partial charge in [0.1, 0.15) is 30.1 Å². The second-order valence-corrected chi connectivity index (χ2v) is 13.8. The number of pyridine rings is 1. The quantitative estimate of drug-likeness (QED) is 0.0790. The van der Waals surface area contributed by atoms with Crippen molar-refractivity contribution >= 4 is 23.6 Å². The molecule has 52 heavy (non-hydrogen) atoms. The molecule has 0 unspecified atom stereocenters. The number of aryl methyl sites for hydroxylation is 1. The number of halogens is 1. The van der Waals surface area contributed by atoms with Gasteiger partial charge in [0.05, 0.1) is 12.8 Å². The molecule has 0 atom stereocenters. The number of piperazine rings is 1. The highest BCUT2D eigenvalue weighted by molar-refractivity contribution is 6.31. The van der Waals surface area contributed by atoms with E-state index in [0.717, 1.165) is 73.6 Å². The molecular weight excluding hydrogens is 670 g/mol. The first-order valence-electron chi connectivity index (χ1n) is 17.9. The molecule has 268 valence electrons. The molecule has 0 aliphatic carbocycles. The van der Waals surface area contributed by atoms with Gasteiger partial charge in [-0.3, -0.25) is 9.69 Å². The fourth-order valence-electron chi connectivity index (χ4n) is 6.28. The predicted octanol–water partition coefficient (Wildman–Crippen LogP) is 9.52. The molecule has 0 N–H and O–H groups in total. The van der Waals surface area contributed by atoms with Crippen molar-refractivity contribution in [2.75, 3.05) is 32.8 Å². The third-order valence-corrected chi connectivity index (χ3v) is 9.70. The highest BCUT2D eigenvalue weighted by Crippen LogP contribution is 2.30. The first-order valence-corrected chi connectivity index (χ1v) is 18.3. The van der Waals surface area contributed by atoms with Crippen LogP contribution in [0, 0.1) is 6.92 Å². The molecule has 0 radical (unpaired) electrons. The van der Waals surface area contributed by atoms with Crippen molar-refractivity contribution in [2.45, 2.75) is 46.3 Å². The highest BCUT2D eigenvalue weighted by atomic mass is 35.5. The van der Waals surface area contributed by atoms with Crippen LogP contribution >= 0.6 is 11.6 Å². The summed E-state index contributed by atoms with van der Waals surface area (Å²) in [6.45, 7) is 11.8. The van der Waals surface area contributed by atoms with E-state index in [1.165, 1.54) is 16.7 Å². The number of rotatable bonds is 15. The van der Waals surface area contributed by atoms with Gasteiger partial charge in [-0.25, -0.2) is 4.98 Å². The summed E-state index contributed by atoms with van der Waals surface area (Å²) < 4.78 is 17.9. The van der Waals surface area contributed by atoms with E-state index < -0.39 is 0 Å². The SMILES string of the molecule is Cc1cc(Oc2ccc(OCc3ccccc3Cl)cn2)ccc1/C(=C\C=O)N1CCN(Cc2ccc(CCOc3ccc(C(C)C)cc3)cc2)CC1. The van der Waals surface area contributed by atoms with Gasteiger partial charge >= 0.3 is 0 Å². The molecule has 4 aromatic carbocycles. The van der Waals surface area contributed by atoms with Crippen molar-refractivity contribution in [3.8, 4) is 23.1 Å². The van der Waals surface area contributed by atoms with Crippen molar-refractivity contribution < 1.29 is 19.0 Å². The average molecular weight is 716 g/mol. The molecule has 1 saturated heterocycles. The van der Waals surface area contributed by atoms with E-state index in [0.29, 0.717) is 41.5 Å². The molecule has 0 bridgehead atoms. The van der Waals surface area contributed by atoms with E-state index >= 15 is 0 Å². The monoisotopic (exact) mass is 715 g/mol. The summed E-state index contributed by atoms with van der Waals surface area (Å²) in [6.07, 6.45) is 5.05. The smallest absolute Gasteiger partial charge is 0.219 e. The van der Waals surface area contributed by atoms with E-state index in [2.05, 4.69) is 77.2 Å². The zero-order chi connectivity index (χ0) is 36.3. The summed E-state index contributed by atoms with van der Waals surface area (Å²) >= 11 is 6.23. The Morgan fingerprint density at radius 3 is 2.21 bits per heavy atom. The number of aldehydes is 1. The number of hydrogen-bond acceptors (Lipinski definition) is 7. The topological polar surface area (TPSA) is 64.1 Å². The number of aromatic nitrogens is 1. The molecule has 6 rings (SSSR count). The lowest BCUT2D eigenvalue weighted by atomic mass is 10.0. The molecule has 2 heterocycles. The third-order valence-electron chi connectivity index (χ3n) is 9.33. The lowest BCUT2D eigenvalue weighted by molar-refractivity contribution is -0.104. The van der Waals surface area contributed by atoms with Crippen LogP contribution < -0.4 is 14.2 Å². The van der Waals surface area contributed by atoms with Gasteiger partial charge in [-0.2, -0.15) is 0 Å². The van der Waals surface area contributed by atoms with Crippen LogP contribution in [-0.4, -0.2) is 53.9 Å². The summed E-state index contributed by atoms with van der Waals surface area (Å²) in [6, 6.07) is 34.4. The van der Waals surface area contributed by atoms with E-state index in [1.807, 2.05) is 55.5 Å². The van der Waals surface area contributed by atoms with E-state index in [-0.39, 0.29) is 0 Å². The Labute approximate surface area is 312 Å². The predicted molar refractivity (Wildman–Crippen MR) is 208 cm³/mol. The molecular formula is C44H46ClN3O4. The number of ether oxygens (including phenoxy) is 3. The van der Waals surface area contributed by atoms with E-state index in [1.54, 1.807) is 18.3 Å². The lowest BCUT2D eigenvalue weighted by Crippen LogP contribution is -2.45. The summed E-state index contributed by atoms with van der Waals surface area (Å²) in [5.74, 6) is 3.19. The lowest BCUT2D eigenvalue weighted by Gasteiger charge is -2.37. The minimum atomic E-state index is 0.355. The van der Waals surface area contributed by atoms with Crippen molar-refractivity contribution in [1.29, 1.82) is 0 Å². The molecule has 7 nitrogen and oxygen atoms in total. The minimum Gasteiger partial charge on any atom is -0.493 e. The summed E-state index contributed by atoms with van der Waals surface area (Å²) in [7, 11) is 0. The van der Waals surface area contributed by atoms with Gasteiger partial charge in [0.25, 0.3) is 0 Å². The standard InChI is InChI=1S/C44H46ClN3O4/c1-32(2)36-12-14-38(15-13-36)50-27-21-34-8-10-35(11-9-34)30-47-22-24-48(25-23-47)43(20-26-49)41-18-16-39(28-33(41)3)52-44-19-17-40(29-46-44)51-31-37-6-4-5-7-42(37)45/h4-20,26,28-29,32H,21-25,27,30-31H2,1-3H3/b43-20+. The first-order chi connectivity index (χ1) is 25.3. The first kappa shape index (κ1) is 36.7. The van der Waals surface area contributed by atoms with E-state index in [4.69, 9.17) is 25.8 Å². The maximum absolute atomic E-state index is 11.8. The Kier molecular flexibility index (Phi) is 12.6. The number of hydrogen-bond donors (Lipinski definition) is 0. The molecule has 1 aliphatic rings. The number of carbonyl (C=O) groups excluding carboxylic acids is 1. The molecule has 0 amide bonds. The Bertz CT molecular complexity index is 1930. The highest BCUT2D eigenvalue weighted by Gasteiger charge is 2.21. The number of carbonyl (C=O) groups is 1. The zero-order valence-corrected chi connectivity index (χ0v) is 30.9. The van der Waals surface area contributed by atoms with Crippen LogP contribution in [-0.2, 0) is 24.4 Å². The molecule has 0 saturated carbocycles. The summed E-state index contributed by atoms with van der Waals surface area (Å²) in [4.78, 5) is 20.9.